The van der Waals surface area contributed by atoms with Crippen LogP contribution in [0.2, 0.25) is 0 Å². The minimum absolute atomic E-state index is 0.928. The van der Waals surface area contributed by atoms with Crippen molar-refractivity contribution >= 4 is 15.9 Å². The van der Waals surface area contributed by atoms with E-state index < -0.39 is 0 Å². The average Bonchev–Trinajstić information content (AvgIpc) is 2.84. The minimum atomic E-state index is 0.928. The second-order valence-electron chi connectivity index (χ2n) is 3.96. The molecule has 0 saturated carbocycles. The Hall–Kier alpha value is -1.13. The molecule has 0 saturated heterocycles. The van der Waals surface area contributed by atoms with Crippen molar-refractivity contribution in [2.75, 3.05) is 6.54 Å². The zero-order chi connectivity index (χ0) is 11.9. The first kappa shape index (κ1) is 12.3. The predicted octanol–water partition coefficient (Wildman–Crippen LogP) is 2.83. The van der Waals surface area contributed by atoms with Gasteiger partial charge in [0.15, 0.2) is 0 Å². The molecule has 2 rings (SSSR count). The highest BCUT2D eigenvalue weighted by atomic mass is 79.9. The van der Waals surface area contributed by atoms with Gasteiger partial charge in [0.05, 0.1) is 6.33 Å². The molecule has 0 amide bonds. The van der Waals surface area contributed by atoms with Gasteiger partial charge in [-0.25, -0.2) is 4.98 Å². The lowest BCUT2D eigenvalue weighted by atomic mass is 10.2. The summed E-state index contributed by atoms with van der Waals surface area (Å²) in [7, 11) is 0. The Morgan fingerprint density at radius 1 is 1.24 bits per heavy atom. The summed E-state index contributed by atoms with van der Waals surface area (Å²) in [6, 6.07) is 8.41. The fraction of sp³-hybridized carbons (Fsp3) is 0.308. The van der Waals surface area contributed by atoms with E-state index in [0.717, 1.165) is 30.5 Å². The van der Waals surface area contributed by atoms with Crippen molar-refractivity contribution < 1.29 is 0 Å². The summed E-state index contributed by atoms with van der Waals surface area (Å²) in [5, 5.41) is 3.43. The number of hydrogen-bond donors (Lipinski definition) is 1. The van der Waals surface area contributed by atoms with E-state index in [1.165, 1.54) is 5.56 Å². The molecule has 0 spiro atoms. The maximum atomic E-state index is 4.02. The van der Waals surface area contributed by atoms with Gasteiger partial charge in [-0.05, 0) is 30.7 Å². The van der Waals surface area contributed by atoms with Gasteiger partial charge in [-0.1, -0.05) is 28.1 Å². The molecule has 0 aliphatic rings. The van der Waals surface area contributed by atoms with E-state index in [0.29, 0.717) is 0 Å². The van der Waals surface area contributed by atoms with Gasteiger partial charge in [-0.2, -0.15) is 0 Å². The number of rotatable bonds is 6. The molecule has 2 aromatic rings. The Morgan fingerprint density at radius 2 is 2.06 bits per heavy atom. The summed E-state index contributed by atoms with van der Waals surface area (Å²) in [5.41, 5.74) is 1.32. The maximum Gasteiger partial charge on any atom is 0.0945 e. The Morgan fingerprint density at radius 3 is 2.76 bits per heavy atom. The van der Waals surface area contributed by atoms with Crippen LogP contribution in [0.1, 0.15) is 12.0 Å². The molecule has 17 heavy (non-hydrogen) atoms. The van der Waals surface area contributed by atoms with Crippen LogP contribution in [0.5, 0.6) is 0 Å². The van der Waals surface area contributed by atoms with Gasteiger partial charge in [-0.3, -0.25) is 0 Å². The molecule has 1 aromatic carbocycles. The highest BCUT2D eigenvalue weighted by molar-refractivity contribution is 9.10. The van der Waals surface area contributed by atoms with Crippen LogP contribution in [0.4, 0.5) is 0 Å². The van der Waals surface area contributed by atoms with Gasteiger partial charge in [0, 0.05) is 30.0 Å². The number of halogens is 1. The van der Waals surface area contributed by atoms with E-state index in [9.17, 15) is 0 Å². The summed E-state index contributed by atoms with van der Waals surface area (Å²) in [4.78, 5) is 4.02. The number of nitrogens with zero attached hydrogens (tertiary/aromatic N) is 2. The third-order valence-corrected chi connectivity index (χ3v) is 3.10. The number of benzene rings is 1. The highest BCUT2D eigenvalue weighted by Gasteiger charge is 1.93. The molecule has 0 fully saturated rings. The highest BCUT2D eigenvalue weighted by Crippen LogP contribution is 2.10. The predicted molar refractivity (Wildman–Crippen MR) is 72.7 cm³/mol. The minimum Gasteiger partial charge on any atom is -0.337 e. The lowest BCUT2D eigenvalue weighted by Gasteiger charge is -2.05. The molecule has 0 aliphatic heterocycles. The van der Waals surface area contributed by atoms with Crippen molar-refractivity contribution in [2.45, 2.75) is 19.5 Å². The molecule has 0 aliphatic carbocycles. The van der Waals surface area contributed by atoms with E-state index in [2.05, 4.69) is 55.1 Å². The van der Waals surface area contributed by atoms with E-state index in [1.807, 2.05) is 18.7 Å². The Bertz CT molecular complexity index is 422. The lowest BCUT2D eigenvalue weighted by molar-refractivity contribution is 0.581. The zero-order valence-corrected chi connectivity index (χ0v) is 11.2. The summed E-state index contributed by atoms with van der Waals surface area (Å²) in [6.07, 6.45) is 6.78. The third kappa shape index (κ3) is 4.32. The molecule has 0 unspecified atom stereocenters. The summed E-state index contributed by atoms with van der Waals surface area (Å²) in [5.74, 6) is 0. The van der Waals surface area contributed by atoms with Crippen molar-refractivity contribution in [1.29, 1.82) is 0 Å². The van der Waals surface area contributed by atoms with Crippen molar-refractivity contribution in [3.63, 3.8) is 0 Å². The second-order valence-corrected chi connectivity index (χ2v) is 4.87. The van der Waals surface area contributed by atoms with E-state index in [4.69, 9.17) is 0 Å². The molecule has 0 radical (unpaired) electrons. The number of nitrogens with one attached hydrogen (secondary N) is 1. The summed E-state index contributed by atoms with van der Waals surface area (Å²) >= 11 is 3.43. The third-order valence-electron chi connectivity index (χ3n) is 2.57. The van der Waals surface area contributed by atoms with Gasteiger partial charge in [0.1, 0.15) is 0 Å². The molecule has 0 atom stereocenters. The fourth-order valence-electron chi connectivity index (χ4n) is 1.64. The van der Waals surface area contributed by atoms with Gasteiger partial charge in [0.2, 0.25) is 0 Å². The van der Waals surface area contributed by atoms with Crippen LogP contribution in [-0.4, -0.2) is 16.1 Å². The Labute approximate surface area is 110 Å². The van der Waals surface area contributed by atoms with Gasteiger partial charge in [-0.15, -0.1) is 0 Å². The van der Waals surface area contributed by atoms with Crippen LogP contribution in [0.3, 0.4) is 0 Å². The zero-order valence-electron chi connectivity index (χ0n) is 9.64. The Balaban J connectivity index is 1.61. The molecule has 90 valence electrons. The largest absolute Gasteiger partial charge is 0.337 e. The molecule has 3 nitrogen and oxygen atoms in total. The van der Waals surface area contributed by atoms with Gasteiger partial charge in [0.25, 0.3) is 0 Å². The first-order valence-corrected chi connectivity index (χ1v) is 6.55. The topological polar surface area (TPSA) is 29.9 Å². The van der Waals surface area contributed by atoms with Crippen LogP contribution in [0, 0.1) is 0 Å². The molecule has 1 heterocycles. The van der Waals surface area contributed by atoms with Crippen molar-refractivity contribution in [3.8, 4) is 0 Å². The van der Waals surface area contributed by atoms with Crippen LogP contribution in [-0.2, 0) is 13.1 Å². The standard InChI is InChI=1S/C13H16BrN3/c14-13-4-2-12(3-5-13)10-15-6-1-8-17-9-7-16-11-17/h2-5,7,9,11,15H,1,6,8,10H2. The van der Waals surface area contributed by atoms with Crippen LogP contribution in [0.15, 0.2) is 47.5 Å². The average molecular weight is 294 g/mol. The first-order chi connectivity index (χ1) is 8.34. The first-order valence-electron chi connectivity index (χ1n) is 5.75. The van der Waals surface area contributed by atoms with E-state index in [1.54, 1.807) is 0 Å². The van der Waals surface area contributed by atoms with Crippen molar-refractivity contribution in [3.05, 3.63) is 53.0 Å². The second kappa shape index (κ2) is 6.57. The summed E-state index contributed by atoms with van der Waals surface area (Å²) in [6.45, 7) is 2.97. The number of aromatic nitrogens is 2. The van der Waals surface area contributed by atoms with Crippen LogP contribution < -0.4 is 5.32 Å². The Kier molecular flexibility index (Phi) is 4.76. The molecule has 0 bridgehead atoms. The number of hydrogen-bond acceptors (Lipinski definition) is 2. The van der Waals surface area contributed by atoms with Crippen LogP contribution >= 0.6 is 15.9 Å². The molecular formula is C13H16BrN3. The molecular weight excluding hydrogens is 278 g/mol. The number of aryl methyl sites for hydroxylation is 1. The monoisotopic (exact) mass is 293 g/mol. The molecule has 1 aromatic heterocycles. The SMILES string of the molecule is Brc1ccc(CNCCCn2ccnc2)cc1. The van der Waals surface area contributed by atoms with E-state index in [-0.39, 0.29) is 0 Å². The van der Waals surface area contributed by atoms with Gasteiger partial charge < -0.3 is 9.88 Å². The summed E-state index contributed by atoms with van der Waals surface area (Å²) < 4.78 is 3.22. The van der Waals surface area contributed by atoms with Crippen molar-refractivity contribution in [2.24, 2.45) is 0 Å². The molecule has 1 N–H and O–H groups in total. The van der Waals surface area contributed by atoms with Crippen LogP contribution in [0.25, 0.3) is 0 Å². The van der Waals surface area contributed by atoms with E-state index >= 15 is 0 Å². The molecule has 4 heteroatoms. The fourth-order valence-corrected chi connectivity index (χ4v) is 1.90. The smallest absolute Gasteiger partial charge is 0.0945 e. The van der Waals surface area contributed by atoms with Crippen molar-refractivity contribution in [1.82, 2.24) is 14.9 Å². The lowest BCUT2D eigenvalue weighted by Crippen LogP contribution is -2.16. The quantitative estimate of drug-likeness (QED) is 0.830. The maximum absolute atomic E-state index is 4.02. The van der Waals surface area contributed by atoms with Gasteiger partial charge >= 0.3 is 0 Å². The number of imidazole rings is 1. The normalized spacial score (nSPS) is 10.6.